The molecule has 1 saturated heterocycles. The first-order valence-electron chi connectivity index (χ1n) is 9.39. The average molecular weight is 368 g/mol. The lowest BCUT2D eigenvalue weighted by Gasteiger charge is -2.41. The van der Waals surface area contributed by atoms with Gasteiger partial charge in [0, 0.05) is 25.1 Å². The van der Waals surface area contributed by atoms with E-state index < -0.39 is 0 Å². The van der Waals surface area contributed by atoms with Gasteiger partial charge < -0.3 is 10.2 Å². The Labute approximate surface area is 159 Å². The molecule has 1 aliphatic heterocycles. The van der Waals surface area contributed by atoms with Gasteiger partial charge >= 0.3 is 0 Å². The molecule has 2 amide bonds. The number of amides is 2. The van der Waals surface area contributed by atoms with Crippen LogP contribution in [0.15, 0.2) is 48.5 Å². The van der Waals surface area contributed by atoms with Gasteiger partial charge in [0.15, 0.2) is 0 Å². The first-order valence-corrected chi connectivity index (χ1v) is 9.39. The molecule has 27 heavy (non-hydrogen) atoms. The first kappa shape index (κ1) is 19.1. The van der Waals surface area contributed by atoms with Crippen molar-refractivity contribution in [3.63, 3.8) is 0 Å². The molecule has 1 aliphatic rings. The Balaban J connectivity index is 1.85. The Bertz CT molecular complexity index is 837. The van der Waals surface area contributed by atoms with Crippen LogP contribution in [0.2, 0.25) is 0 Å². The Hall–Kier alpha value is -2.69. The minimum absolute atomic E-state index is 0.0731. The van der Waals surface area contributed by atoms with Crippen molar-refractivity contribution >= 4 is 11.8 Å². The number of hydrogen-bond donors (Lipinski definition) is 1. The average Bonchev–Trinajstić information content (AvgIpc) is 2.67. The van der Waals surface area contributed by atoms with Crippen LogP contribution in [0.5, 0.6) is 0 Å². The smallest absolute Gasteiger partial charge is 0.225 e. The van der Waals surface area contributed by atoms with Gasteiger partial charge in [-0.1, -0.05) is 42.5 Å². The van der Waals surface area contributed by atoms with Crippen LogP contribution in [0, 0.1) is 18.7 Å². The topological polar surface area (TPSA) is 49.4 Å². The lowest BCUT2D eigenvalue weighted by Crippen LogP contribution is -2.48. The Morgan fingerprint density at radius 2 is 1.89 bits per heavy atom. The predicted molar refractivity (Wildman–Crippen MR) is 102 cm³/mol. The summed E-state index contributed by atoms with van der Waals surface area (Å²) < 4.78 is 13.8. The maximum Gasteiger partial charge on any atom is 0.225 e. The minimum Gasteiger partial charge on any atom is -0.352 e. The van der Waals surface area contributed by atoms with Gasteiger partial charge in [0.05, 0.1) is 12.0 Å². The van der Waals surface area contributed by atoms with Crippen LogP contribution < -0.4 is 5.32 Å². The lowest BCUT2D eigenvalue weighted by molar-refractivity contribution is -0.143. The maximum atomic E-state index is 13.8. The Morgan fingerprint density at radius 1 is 1.19 bits per heavy atom. The number of benzene rings is 2. The SMILES string of the molecule is CCN1C(=O)CC[C@@H](C(=O)NCc2ccccc2F)[C@@H]1c1ccccc1C. The number of carbonyl (C=O) groups excluding carboxylic acids is 2. The fourth-order valence-electron chi connectivity index (χ4n) is 3.86. The van der Waals surface area contributed by atoms with E-state index in [2.05, 4.69) is 5.32 Å². The quantitative estimate of drug-likeness (QED) is 0.874. The summed E-state index contributed by atoms with van der Waals surface area (Å²) in [6, 6.07) is 14.0. The molecular weight excluding hydrogens is 343 g/mol. The Kier molecular flexibility index (Phi) is 5.89. The fraction of sp³-hybridized carbons (Fsp3) is 0.364. The van der Waals surface area contributed by atoms with E-state index in [4.69, 9.17) is 0 Å². The second kappa shape index (κ2) is 8.33. The lowest BCUT2D eigenvalue weighted by atomic mass is 9.82. The van der Waals surface area contributed by atoms with Gasteiger partial charge in [0.2, 0.25) is 11.8 Å². The molecule has 1 heterocycles. The van der Waals surface area contributed by atoms with E-state index in [1.54, 1.807) is 23.1 Å². The van der Waals surface area contributed by atoms with Crippen LogP contribution >= 0.6 is 0 Å². The van der Waals surface area contributed by atoms with Crippen molar-refractivity contribution in [1.29, 1.82) is 0 Å². The van der Waals surface area contributed by atoms with Crippen LogP contribution in [0.25, 0.3) is 0 Å². The minimum atomic E-state index is -0.351. The number of rotatable bonds is 5. The standard InChI is InChI=1S/C22H25FN2O2/c1-3-25-20(26)13-12-18(21(25)17-10-6-4-8-15(17)2)22(27)24-14-16-9-5-7-11-19(16)23/h4-11,18,21H,3,12-14H2,1-2H3,(H,24,27)/t18-,21+/m1/s1. The number of halogens is 1. The summed E-state index contributed by atoms with van der Waals surface area (Å²) in [6.07, 6.45) is 0.853. The summed E-state index contributed by atoms with van der Waals surface area (Å²) in [5.74, 6) is -0.751. The van der Waals surface area contributed by atoms with Crippen molar-refractivity contribution in [1.82, 2.24) is 10.2 Å². The van der Waals surface area contributed by atoms with E-state index in [1.807, 2.05) is 38.1 Å². The van der Waals surface area contributed by atoms with E-state index in [0.717, 1.165) is 11.1 Å². The highest BCUT2D eigenvalue weighted by molar-refractivity contribution is 5.85. The molecule has 4 nitrogen and oxygen atoms in total. The highest BCUT2D eigenvalue weighted by Crippen LogP contribution is 2.38. The monoisotopic (exact) mass is 368 g/mol. The van der Waals surface area contributed by atoms with E-state index >= 15 is 0 Å². The number of hydrogen-bond acceptors (Lipinski definition) is 2. The van der Waals surface area contributed by atoms with Crippen molar-refractivity contribution in [3.8, 4) is 0 Å². The van der Waals surface area contributed by atoms with Gasteiger partial charge in [-0.2, -0.15) is 0 Å². The third-order valence-corrected chi connectivity index (χ3v) is 5.30. The summed E-state index contributed by atoms with van der Waals surface area (Å²) in [6.45, 7) is 4.62. The van der Waals surface area contributed by atoms with Gasteiger partial charge in [-0.3, -0.25) is 9.59 Å². The molecule has 1 N–H and O–H groups in total. The second-order valence-corrected chi connectivity index (χ2v) is 6.94. The first-order chi connectivity index (χ1) is 13.0. The molecule has 5 heteroatoms. The van der Waals surface area contributed by atoms with Crippen LogP contribution in [0.3, 0.4) is 0 Å². The summed E-state index contributed by atoms with van der Waals surface area (Å²) in [5.41, 5.74) is 2.51. The molecule has 2 aromatic rings. The second-order valence-electron chi connectivity index (χ2n) is 6.94. The predicted octanol–water partition coefficient (Wildman–Crippen LogP) is 3.75. The molecule has 1 fully saturated rings. The zero-order valence-corrected chi connectivity index (χ0v) is 15.7. The van der Waals surface area contributed by atoms with Crippen molar-refractivity contribution in [2.24, 2.45) is 5.92 Å². The van der Waals surface area contributed by atoms with E-state index in [1.165, 1.54) is 6.07 Å². The fourth-order valence-corrected chi connectivity index (χ4v) is 3.86. The van der Waals surface area contributed by atoms with Gasteiger partial charge in [0.1, 0.15) is 5.82 Å². The van der Waals surface area contributed by atoms with Crippen LogP contribution in [-0.2, 0) is 16.1 Å². The van der Waals surface area contributed by atoms with Gasteiger partial charge in [-0.05, 0) is 37.5 Å². The van der Waals surface area contributed by atoms with Crippen molar-refractivity contribution < 1.29 is 14.0 Å². The van der Waals surface area contributed by atoms with Crippen LogP contribution in [0.4, 0.5) is 4.39 Å². The zero-order valence-electron chi connectivity index (χ0n) is 15.7. The molecular formula is C22H25FN2O2. The number of aryl methyl sites for hydroxylation is 1. The van der Waals surface area contributed by atoms with E-state index in [9.17, 15) is 14.0 Å². The molecule has 0 bridgehead atoms. The normalized spacial score (nSPS) is 19.8. The largest absolute Gasteiger partial charge is 0.352 e. The van der Waals surface area contributed by atoms with Crippen molar-refractivity contribution in [2.75, 3.05) is 6.54 Å². The Morgan fingerprint density at radius 3 is 2.59 bits per heavy atom. The number of nitrogens with zero attached hydrogens (tertiary/aromatic N) is 1. The molecule has 142 valence electrons. The number of likely N-dealkylation sites (tertiary alicyclic amines) is 1. The molecule has 0 spiro atoms. The van der Waals surface area contributed by atoms with Gasteiger partial charge in [-0.15, -0.1) is 0 Å². The zero-order chi connectivity index (χ0) is 19.4. The number of nitrogens with one attached hydrogen (secondary N) is 1. The molecule has 0 aliphatic carbocycles. The van der Waals surface area contributed by atoms with Crippen LogP contribution in [0.1, 0.15) is 42.5 Å². The van der Waals surface area contributed by atoms with Gasteiger partial charge in [-0.25, -0.2) is 4.39 Å². The number of carbonyl (C=O) groups is 2. The maximum absolute atomic E-state index is 13.8. The highest BCUT2D eigenvalue weighted by atomic mass is 19.1. The highest BCUT2D eigenvalue weighted by Gasteiger charge is 2.40. The molecule has 0 radical (unpaired) electrons. The third-order valence-electron chi connectivity index (χ3n) is 5.30. The van der Waals surface area contributed by atoms with Crippen molar-refractivity contribution in [2.45, 2.75) is 39.3 Å². The molecule has 2 atom stereocenters. The van der Waals surface area contributed by atoms with Crippen LogP contribution in [-0.4, -0.2) is 23.3 Å². The van der Waals surface area contributed by atoms with E-state index in [-0.39, 0.29) is 36.1 Å². The summed E-state index contributed by atoms with van der Waals surface area (Å²) >= 11 is 0. The molecule has 2 aromatic carbocycles. The summed E-state index contributed by atoms with van der Waals surface area (Å²) in [5, 5.41) is 2.87. The third kappa shape index (κ3) is 4.02. The molecule has 3 rings (SSSR count). The van der Waals surface area contributed by atoms with Gasteiger partial charge in [0.25, 0.3) is 0 Å². The van der Waals surface area contributed by atoms with E-state index in [0.29, 0.717) is 24.9 Å². The molecule has 0 aromatic heterocycles. The molecule has 0 saturated carbocycles. The molecule has 0 unspecified atom stereocenters. The number of piperidine rings is 1. The summed E-state index contributed by atoms with van der Waals surface area (Å²) in [4.78, 5) is 27.2. The van der Waals surface area contributed by atoms with Crippen molar-refractivity contribution in [3.05, 3.63) is 71.0 Å². The summed E-state index contributed by atoms with van der Waals surface area (Å²) in [7, 11) is 0.